The van der Waals surface area contributed by atoms with Crippen LogP contribution in [0.1, 0.15) is 23.7 Å². The Kier molecular flexibility index (Phi) is 7.30. The molecule has 1 unspecified atom stereocenters. The molecule has 0 bridgehead atoms. The third-order valence-electron chi connectivity index (χ3n) is 2.84. The summed E-state index contributed by atoms with van der Waals surface area (Å²) < 4.78 is 0. The lowest BCUT2D eigenvalue weighted by Gasteiger charge is -2.22. The molecule has 1 aromatic rings. The molecule has 2 amide bonds. The molecule has 21 heavy (non-hydrogen) atoms. The lowest BCUT2D eigenvalue weighted by Crippen LogP contribution is -2.53. The Morgan fingerprint density at radius 1 is 1.43 bits per heavy atom. The Hall–Kier alpha value is -1.48. The topological polar surface area (TPSA) is 123 Å². The Balaban J connectivity index is 2.62. The molecular formula is C13H20N4O3S. The molecule has 5 N–H and O–H groups in total. The van der Waals surface area contributed by atoms with Crippen molar-refractivity contribution in [3.05, 3.63) is 30.1 Å². The fourth-order valence-electron chi connectivity index (χ4n) is 1.58. The fraction of sp³-hybridized carbons (Fsp3) is 0.462. The van der Waals surface area contributed by atoms with Gasteiger partial charge in [0.1, 0.15) is 6.10 Å². The summed E-state index contributed by atoms with van der Waals surface area (Å²) in [7, 11) is 0. The van der Waals surface area contributed by atoms with Crippen LogP contribution in [0, 0.1) is 0 Å². The molecule has 0 aliphatic carbocycles. The second kappa shape index (κ2) is 8.73. The van der Waals surface area contributed by atoms with Gasteiger partial charge in [0.25, 0.3) is 11.8 Å². The van der Waals surface area contributed by atoms with Crippen molar-refractivity contribution in [3.63, 3.8) is 0 Å². The molecule has 2 atom stereocenters. The molecule has 1 rings (SSSR count). The number of nitrogens with zero attached hydrogens (tertiary/aromatic N) is 2. The standard InChI is InChI=1S/C13H20N4O3S/c1-2-21-8-5-10(14)11(18)13(20)17(15)12(19)9-3-6-16-7-4-9/h3-4,6-7,10-11,18H,2,5,8,14-15H2,1H3/t10-,11?/m1/s1. The van der Waals surface area contributed by atoms with Crippen molar-refractivity contribution in [2.24, 2.45) is 11.6 Å². The van der Waals surface area contributed by atoms with E-state index in [1.807, 2.05) is 6.92 Å². The van der Waals surface area contributed by atoms with Crippen molar-refractivity contribution < 1.29 is 14.7 Å². The summed E-state index contributed by atoms with van der Waals surface area (Å²) in [4.78, 5) is 27.7. The van der Waals surface area contributed by atoms with Gasteiger partial charge in [-0.05, 0) is 30.1 Å². The van der Waals surface area contributed by atoms with E-state index in [1.165, 1.54) is 24.5 Å². The number of aliphatic hydroxyl groups excluding tert-OH is 1. The first-order valence-corrected chi connectivity index (χ1v) is 7.69. The van der Waals surface area contributed by atoms with E-state index in [0.29, 0.717) is 11.4 Å². The molecule has 0 fully saturated rings. The number of imide groups is 1. The molecule has 0 aromatic carbocycles. The molecular weight excluding hydrogens is 292 g/mol. The smallest absolute Gasteiger partial charge is 0.275 e. The summed E-state index contributed by atoms with van der Waals surface area (Å²) >= 11 is 1.66. The highest BCUT2D eigenvalue weighted by atomic mass is 32.2. The van der Waals surface area contributed by atoms with Gasteiger partial charge in [0, 0.05) is 24.0 Å². The number of amides is 2. The number of thioether (sulfide) groups is 1. The van der Waals surface area contributed by atoms with Gasteiger partial charge in [0.05, 0.1) is 0 Å². The van der Waals surface area contributed by atoms with Gasteiger partial charge in [-0.3, -0.25) is 14.6 Å². The molecule has 8 heteroatoms. The van der Waals surface area contributed by atoms with Gasteiger partial charge < -0.3 is 10.8 Å². The van der Waals surface area contributed by atoms with Gasteiger partial charge in [-0.15, -0.1) is 0 Å². The minimum atomic E-state index is -1.50. The number of aliphatic hydroxyl groups is 1. The lowest BCUT2D eigenvalue weighted by molar-refractivity contribution is -0.138. The molecule has 0 saturated carbocycles. The summed E-state index contributed by atoms with van der Waals surface area (Å²) in [5.41, 5.74) is 5.96. The van der Waals surface area contributed by atoms with Crippen molar-refractivity contribution in [1.29, 1.82) is 0 Å². The first kappa shape index (κ1) is 17.6. The van der Waals surface area contributed by atoms with Crippen LogP contribution in [0.4, 0.5) is 0 Å². The highest BCUT2D eigenvalue weighted by Gasteiger charge is 2.30. The Morgan fingerprint density at radius 3 is 2.62 bits per heavy atom. The molecule has 116 valence electrons. The van der Waals surface area contributed by atoms with Crippen molar-refractivity contribution >= 4 is 23.6 Å². The van der Waals surface area contributed by atoms with Gasteiger partial charge in [0.2, 0.25) is 0 Å². The molecule has 1 heterocycles. The zero-order valence-electron chi connectivity index (χ0n) is 11.8. The van der Waals surface area contributed by atoms with E-state index in [1.54, 1.807) is 11.8 Å². The number of hydrogen-bond acceptors (Lipinski definition) is 7. The molecule has 0 spiro atoms. The summed E-state index contributed by atoms with van der Waals surface area (Å²) in [5.74, 6) is 5.51. The SMILES string of the molecule is CCSCC[C@@H](N)C(O)C(=O)N(N)C(=O)c1ccncc1. The normalized spacial score (nSPS) is 13.5. The van der Waals surface area contributed by atoms with Crippen LogP contribution in [0.25, 0.3) is 0 Å². The highest BCUT2D eigenvalue weighted by Crippen LogP contribution is 2.08. The summed E-state index contributed by atoms with van der Waals surface area (Å²) in [6.07, 6.45) is 1.78. The van der Waals surface area contributed by atoms with E-state index in [-0.39, 0.29) is 5.56 Å². The van der Waals surface area contributed by atoms with Crippen molar-refractivity contribution in [3.8, 4) is 0 Å². The minimum absolute atomic E-state index is 0.211. The van der Waals surface area contributed by atoms with E-state index >= 15 is 0 Å². The molecule has 0 radical (unpaired) electrons. The van der Waals surface area contributed by atoms with Crippen LogP contribution < -0.4 is 11.6 Å². The van der Waals surface area contributed by atoms with Crippen molar-refractivity contribution in [2.75, 3.05) is 11.5 Å². The van der Waals surface area contributed by atoms with E-state index in [0.717, 1.165) is 11.5 Å². The van der Waals surface area contributed by atoms with E-state index in [2.05, 4.69) is 4.98 Å². The van der Waals surface area contributed by atoms with Gasteiger partial charge in [-0.25, -0.2) is 10.9 Å². The maximum Gasteiger partial charge on any atom is 0.275 e. The third-order valence-corrected chi connectivity index (χ3v) is 3.77. The second-order valence-electron chi connectivity index (χ2n) is 4.34. The number of nitrogens with two attached hydrogens (primary N) is 2. The molecule has 0 aliphatic rings. The van der Waals surface area contributed by atoms with Crippen LogP contribution in [-0.2, 0) is 4.79 Å². The zero-order chi connectivity index (χ0) is 15.8. The van der Waals surface area contributed by atoms with Crippen LogP contribution in [-0.4, -0.2) is 50.6 Å². The van der Waals surface area contributed by atoms with Gasteiger partial charge in [0.15, 0.2) is 0 Å². The number of carbonyl (C=O) groups is 2. The first-order chi connectivity index (χ1) is 9.99. The molecule has 0 aliphatic heterocycles. The van der Waals surface area contributed by atoms with Crippen LogP contribution >= 0.6 is 11.8 Å². The number of hydrazine groups is 1. The minimum Gasteiger partial charge on any atom is -0.382 e. The van der Waals surface area contributed by atoms with Crippen LogP contribution in [0.3, 0.4) is 0 Å². The average Bonchev–Trinajstić information content (AvgIpc) is 2.52. The number of aromatic nitrogens is 1. The number of rotatable bonds is 7. The first-order valence-electron chi connectivity index (χ1n) is 6.53. The van der Waals surface area contributed by atoms with Crippen LogP contribution in [0.5, 0.6) is 0 Å². The number of hydrogen-bond donors (Lipinski definition) is 3. The maximum atomic E-state index is 12.0. The Bertz CT molecular complexity index is 472. The van der Waals surface area contributed by atoms with Crippen LogP contribution in [0.2, 0.25) is 0 Å². The van der Waals surface area contributed by atoms with Crippen molar-refractivity contribution in [1.82, 2.24) is 9.99 Å². The fourth-order valence-corrected chi connectivity index (χ4v) is 2.31. The predicted octanol–water partition coefficient (Wildman–Crippen LogP) is -0.244. The highest BCUT2D eigenvalue weighted by molar-refractivity contribution is 7.99. The number of carbonyl (C=O) groups excluding carboxylic acids is 2. The molecule has 7 nitrogen and oxygen atoms in total. The number of pyridine rings is 1. The van der Waals surface area contributed by atoms with E-state index < -0.39 is 24.0 Å². The summed E-state index contributed by atoms with van der Waals surface area (Å²) in [6, 6.07) is 2.10. The largest absolute Gasteiger partial charge is 0.382 e. The quantitative estimate of drug-likeness (QED) is 0.275. The summed E-state index contributed by atoms with van der Waals surface area (Å²) in [6.45, 7) is 2.01. The van der Waals surface area contributed by atoms with Gasteiger partial charge >= 0.3 is 0 Å². The van der Waals surface area contributed by atoms with Gasteiger partial charge in [-0.1, -0.05) is 6.92 Å². The van der Waals surface area contributed by atoms with E-state index in [4.69, 9.17) is 11.6 Å². The third kappa shape index (κ3) is 5.09. The summed E-state index contributed by atoms with van der Waals surface area (Å²) in [5, 5.41) is 10.3. The van der Waals surface area contributed by atoms with Crippen LogP contribution in [0.15, 0.2) is 24.5 Å². The van der Waals surface area contributed by atoms with Crippen molar-refractivity contribution in [2.45, 2.75) is 25.5 Å². The van der Waals surface area contributed by atoms with E-state index in [9.17, 15) is 14.7 Å². The second-order valence-corrected chi connectivity index (χ2v) is 5.74. The average molecular weight is 312 g/mol. The lowest BCUT2D eigenvalue weighted by atomic mass is 10.1. The van der Waals surface area contributed by atoms with Gasteiger partial charge in [-0.2, -0.15) is 11.8 Å². The Labute approximate surface area is 127 Å². The molecule has 0 saturated heterocycles. The zero-order valence-corrected chi connectivity index (χ0v) is 12.6. The predicted molar refractivity (Wildman–Crippen MR) is 81.2 cm³/mol. The molecule has 1 aromatic heterocycles. The maximum absolute atomic E-state index is 12.0. The monoisotopic (exact) mass is 312 g/mol. The Morgan fingerprint density at radius 2 is 2.05 bits per heavy atom.